The molecular weight excluding hydrogens is 272 g/mol. The first-order valence-corrected chi connectivity index (χ1v) is 7.25. The summed E-state index contributed by atoms with van der Waals surface area (Å²) in [5, 5.41) is 10.5. The van der Waals surface area contributed by atoms with Gasteiger partial charge in [0.2, 0.25) is 0 Å². The van der Waals surface area contributed by atoms with Crippen LogP contribution in [-0.2, 0) is 0 Å². The molecule has 2 nitrogen and oxygen atoms in total. The van der Waals surface area contributed by atoms with Gasteiger partial charge in [-0.1, -0.05) is 66.7 Å². The zero-order valence-corrected chi connectivity index (χ0v) is 12.4. The summed E-state index contributed by atoms with van der Waals surface area (Å²) >= 11 is 0. The first-order valence-electron chi connectivity index (χ1n) is 7.25. The minimum atomic E-state index is -0.629. The number of rotatable bonds is 4. The van der Waals surface area contributed by atoms with Gasteiger partial charge in [-0.25, -0.2) is 0 Å². The summed E-state index contributed by atoms with van der Waals surface area (Å²) < 4.78 is 5.14. The van der Waals surface area contributed by atoms with E-state index < -0.39 is 6.10 Å². The fourth-order valence-electron chi connectivity index (χ4n) is 2.47. The molecule has 0 unspecified atom stereocenters. The van der Waals surface area contributed by atoms with Crippen LogP contribution in [0.2, 0.25) is 0 Å². The lowest BCUT2D eigenvalue weighted by Crippen LogP contribution is -1.99. The first-order chi connectivity index (χ1) is 10.8. The summed E-state index contributed by atoms with van der Waals surface area (Å²) in [7, 11) is 1.63. The van der Waals surface area contributed by atoms with Gasteiger partial charge in [0.15, 0.2) is 0 Å². The molecule has 110 valence electrons. The molecule has 3 aromatic rings. The van der Waals surface area contributed by atoms with Gasteiger partial charge in [-0.2, -0.15) is 0 Å². The highest BCUT2D eigenvalue weighted by molar-refractivity contribution is 5.63. The third-order valence-electron chi connectivity index (χ3n) is 3.77. The van der Waals surface area contributed by atoms with Gasteiger partial charge in [-0.15, -0.1) is 0 Å². The lowest BCUT2D eigenvalue weighted by atomic mass is 9.98. The molecular formula is C20H18O2. The van der Waals surface area contributed by atoms with E-state index in [0.717, 1.165) is 22.4 Å². The number of aliphatic hydroxyl groups is 1. The van der Waals surface area contributed by atoms with Crippen molar-refractivity contribution in [1.29, 1.82) is 0 Å². The highest BCUT2D eigenvalue weighted by Crippen LogP contribution is 2.26. The van der Waals surface area contributed by atoms with Crippen LogP contribution in [0.5, 0.6) is 5.75 Å². The van der Waals surface area contributed by atoms with Crippen molar-refractivity contribution in [3.05, 3.63) is 90.0 Å². The standard InChI is InChI=1S/C20H18O2/c1-22-19-13-11-18(12-14-19)20(21)17-9-7-16(8-10-17)15-5-3-2-4-6-15/h2-14,20-21H,1H3/t20-/m1/s1. The average Bonchev–Trinajstić information content (AvgIpc) is 2.62. The Morgan fingerprint density at radius 3 is 1.73 bits per heavy atom. The molecule has 0 aliphatic carbocycles. The predicted octanol–water partition coefficient (Wildman–Crippen LogP) is 4.44. The Hall–Kier alpha value is -2.58. The lowest BCUT2D eigenvalue weighted by molar-refractivity contribution is 0.220. The largest absolute Gasteiger partial charge is 0.497 e. The maximum atomic E-state index is 10.5. The molecule has 0 aliphatic rings. The van der Waals surface area contributed by atoms with Crippen molar-refractivity contribution in [1.82, 2.24) is 0 Å². The Morgan fingerprint density at radius 2 is 1.18 bits per heavy atom. The molecule has 0 radical (unpaired) electrons. The van der Waals surface area contributed by atoms with E-state index in [9.17, 15) is 5.11 Å². The van der Waals surface area contributed by atoms with Gasteiger partial charge in [0.25, 0.3) is 0 Å². The van der Waals surface area contributed by atoms with Crippen molar-refractivity contribution in [3.8, 4) is 16.9 Å². The third kappa shape index (κ3) is 3.02. The summed E-state index contributed by atoms with van der Waals surface area (Å²) in [5.41, 5.74) is 4.05. The van der Waals surface area contributed by atoms with Gasteiger partial charge >= 0.3 is 0 Å². The van der Waals surface area contributed by atoms with Crippen LogP contribution in [0.25, 0.3) is 11.1 Å². The fraction of sp³-hybridized carbons (Fsp3) is 0.100. The minimum absolute atomic E-state index is 0.629. The van der Waals surface area contributed by atoms with E-state index in [1.807, 2.05) is 66.7 Å². The van der Waals surface area contributed by atoms with E-state index in [1.165, 1.54) is 5.56 Å². The number of ether oxygens (including phenoxy) is 1. The number of hydrogen-bond acceptors (Lipinski definition) is 2. The van der Waals surface area contributed by atoms with Gasteiger partial charge in [-0.3, -0.25) is 0 Å². The highest BCUT2D eigenvalue weighted by Gasteiger charge is 2.10. The number of methoxy groups -OCH3 is 1. The molecule has 0 amide bonds. The van der Waals surface area contributed by atoms with E-state index in [0.29, 0.717) is 0 Å². The van der Waals surface area contributed by atoms with E-state index in [1.54, 1.807) is 7.11 Å². The van der Waals surface area contributed by atoms with Gasteiger partial charge < -0.3 is 9.84 Å². The Kier molecular flexibility index (Phi) is 4.22. The predicted molar refractivity (Wildman–Crippen MR) is 88.9 cm³/mol. The normalized spacial score (nSPS) is 11.9. The van der Waals surface area contributed by atoms with Gasteiger partial charge in [-0.05, 0) is 34.4 Å². The molecule has 3 aromatic carbocycles. The molecule has 1 atom stereocenters. The molecule has 0 spiro atoms. The number of hydrogen-bond donors (Lipinski definition) is 1. The van der Waals surface area contributed by atoms with Crippen molar-refractivity contribution in [2.75, 3.05) is 7.11 Å². The summed E-state index contributed by atoms with van der Waals surface area (Å²) in [5.74, 6) is 0.787. The summed E-state index contributed by atoms with van der Waals surface area (Å²) in [6.45, 7) is 0. The van der Waals surface area contributed by atoms with E-state index >= 15 is 0 Å². The van der Waals surface area contributed by atoms with Crippen LogP contribution in [0, 0.1) is 0 Å². The molecule has 1 N–H and O–H groups in total. The first kappa shape index (κ1) is 14.4. The molecule has 0 heterocycles. The summed E-state index contributed by atoms with van der Waals surface area (Å²) in [4.78, 5) is 0. The molecule has 0 fully saturated rings. The maximum absolute atomic E-state index is 10.5. The molecule has 0 bridgehead atoms. The molecule has 3 rings (SSSR count). The van der Waals surface area contributed by atoms with E-state index in [-0.39, 0.29) is 0 Å². The van der Waals surface area contributed by atoms with Crippen molar-refractivity contribution < 1.29 is 9.84 Å². The Morgan fingerprint density at radius 1 is 0.682 bits per heavy atom. The third-order valence-corrected chi connectivity index (χ3v) is 3.77. The van der Waals surface area contributed by atoms with Gasteiger partial charge in [0, 0.05) is 0 Å². The second-order valence-electron chi connectivity index (χ2n) is 5.16. The Bertz CT molecular complexity index is 716. The number of benzene rings is 3. The second-order valence-corrected chi connectivity index (χ2v) is 5.16. The van der Waals surface area contributed by atoms with Crippen LogP contribution in [0.15, 0.2) is 78.9 Å². The molecule has 0 saturated heterocycles. The molecule has 0 aliphatic heterocycles. The van der Waals surface area contributed by atoms with Gasteiger partial charge in [0.1, 0.15) is 11.9 Å². The Balaban J connectivity index is 1.82. The molecule has 0 aromatic heterocycles. The van der Waals surface area contributed by atoms with E-state index in [4.69, 9.17) is 4.74 Å². The number of aliphatic hydroxyl groups excluding tert-OH is 1. The van der Waals surface area contributed by atoms with Crippen molar-refractivity contribution in [3.63, 3.8) is 0 Å². The van der Waals surface area contributed by atoms with Crippen LogP contribution in [0.3, 0.4) is 0 Å². The second kappa shape index (κ2) is 6.46. The zero-order chi connectivity index (χ0) is 15.4. The topological polar surface area (TPSA) is 29.5 Å². The highest BCUT2D eigenvalue weighted by atomic mass is 16.5. The Labute approximate surface area is 130 Å². The fourth-order valence-corrected chi connectivity index (χ4v) is 2.47. The van der Waals surface area contributed by atoms with Crippen molar-refractivity contribution >= 4 is 0 Å². The van der Waals surface area contributed by atoms with Crippen LogP contribution in [0.1, 0.15) is 17.2 Å². The van der Waals surface area contributed by atoms with Crippen molar-refractivity contribution in [2.24, 2.45) is 0 Å². The summed E-state index contributed by atoms with van der Waals surface area (Å²) in [6, 6.07) is 25.7. The lowest BCUT2D eigenvalue weighted by Gasteiger charge is -2.13. The quantitative estimate of drug-likeness (QED) is 0.769. The monoisotopic (exact) mass is 290 g/mol. The zero-order valence-electron chi connectivity index (χ0n) is 12.4. The van der Waals surface area contributed by atoms with Crippen LogP contribution < -0.4 is 4.74 Å². The van der Waals surface area contributed by atoms with Gasteiger partial charge in [0.05, 0.1) is 7.11 Å². The van der Waals surface area contributed by atoms with Crippen molar-refractivity contribution in [2.45, 2.75) is 6.10 Å². The maximum Gasteiger partial charge on any atom is 0.118 e. The molecule has 22 heavy (non-hydrogen) atoms. The average molecular weight is 290 g/mol. The molecule has 2 heteroatoms. The minimum Gasteiger partial charge on any atom is -0.497 e. The van der Waals surface area contributed by atoms with Crippen LogP contribution in [-0.4, -0.2) is 12.2 Å². The van der Waals surface area contributed by atoms with Crippen LogP contribution >= 0.6 is 0 Å². The summed E-state index contributed by atoms with van der Waals surface area (Å²) in [6.07, 6.45) is -0.629. The SMILES string of the molecule is COc1ccc([C@H](O)c2ccc(-c3ccccc3)cc2)cc1. The smallest absolute Gasteiger partial charge is 0.118 e. The van der Waals surface area contributed by atoms with Crippen LogP contribution in [0.4, 0.5) is 0 Å². The van der Waals surface area contributed by atoms with E-state index in [2.05, 4.69) is 12.1 Å². The molecule has 0 saturated carbocycles.